The molecular weight excluding hydrogens is 443 g/mol. The van der Waals surface area contributed by atoms with Crippen molar-refractivity contribution in [3.8, 4) is 11.3 Å². The lowest BCUT2D eigenvalue weighted by Crippen LogP contribution is -2.37. The Morgan fingerprint density at radius 3 is 2.61 bits per heavy atom. The van der Waals surface area contributed by atoms with Crippen LogP contribution in [0.15, 0.2) is 54.7 Å². The van der Waals surface area contributed by atoms with Crippen LogP contribution in [0.4, 0.5) is 9.18 Å². The second-order valence-corrected chi connectivity index (χ2v) is 8.98. The summed E-state index contributed by atoms with van der Waals surface area (Å²) < 4.78 is 15.8. The van der Waals surface area contributed by atoms with Gasteiger partial charge in [-0.1, -0.05) is 41.9 Å². The Morgan fingerprint density at radius 2 is 1.94 bits per heavy atom. The molecule has 4 rings (SSSR count). The molecular formula is C25H28ClFN4O2. The van der Waals surface area contributed by atoms with Crippen molar-refractivity contribution in [1.29, 1.82) is 0 Å². The third-order valence-corrected chi connectivity index (χ3v) is 6.46. The zero-order valence-electron chi connectivity index (χ0n) is 18.6. The van der Waals surface area contributed by atoms with Gasteiger partial charge in [0.05, 0.1) is 10.7 Å². The highest BCUT2D eigenvalue weighted by molar-refractivity contribution is 6.31. The van der Waals surface area contributed by atoms with E-state index in [1.54, 1.807) is 12.1 Å². The van der Waals surface area contributed by atoms with Gasteiger partial charge in [0.15, 0.2) is 0 Å². The smallest absolute Gasteiger partial charge is 0.407 e. The van der Waals surface area contributed by atoms with E-state index < -0.39 is 11.9 Å². The largest absolute Gasteiger partial charge is 0.465 e. The number of rotatable bonds is 7. The molecule has 0 unspecified atom stereocenters. The molecule has 2 aromatic carbocycles. The minimum atomic E-state index is -0.874. The first-order valence-electron chi connectivity index (χ1n) is 11.1. The van der Waals surface area contributed by atoms with Crippen molar-refractivity contribution in [3.63, 3.8) is 0 Å². The number of hydrogen-bond donors (Lipinski definition) is 1. The van der Waals surface area contributed by atoms with Crippen LogP contribution in [0.1, 0.15) is 30.1 Å². The highest BCUT2D eigenvalue weighted by atomic mass is 35.5. The highest BCUT2D eigenvalue weighted by Crippen LogP contribution is 2.31. The van der Waals surface area contributed by atoms with Gasteiger partial charge in [0.2, 0.25) is 0 Å². The maximum atomic E-state index is 13.7. The number of hydrogen-bond acceptors (Lipinski definition) is 3. The molecule has 1 N–H and O–H groups in total. The van der Waals surface area contributed by atoms with Gasteiger partial charge in [-0.25, -0.2) is 14.2 Å². The number of likely N-dealkylation sites (N-methyl/N-ethyl adjacent to an activating group) is 1. The van der Waals surface area contributed by atoms with Crippen LogP contribution >= 0.6 is 11.6 Å². The number of carboxylic acid groups (broad SMARTS) is 1. The Hall–Kier alpha value is -2.90. The lowest BCUT2D eigenvalue weighted by molar-refractivity contribution is 0.131. The summed E-state index contributed by atoms with van der Waals surface area (Å²) in [6.07, 6.45) is 2.58. The van der Waals surface area contributed by atoms with Crippen molar-refractivity contribution in [2.45, 2.75) is 31.8 Å². The minimum Gasteiger partial charge on any atom is -0.465 e. The van der Waals surface area contributed by atoms with E-state index in [-0.39, 0.29) is 10.9 Å². The molecule has 174 valence electrons. The fraction of sp³-hybridized carbons (Fsp3) is 0.360. The Morgan fingerprint density at radius 1 is 1.21 bits per heavy atom. The van der Waals surface area contributed by atoms with E-state index >= 15 is 0 Å². The molecule has 1 saturated heterocycles. The summed E-state index contributed by atoms with van der Waals surface area (Å²) in [4.78, 5) is 19.9. The SMILES string of the molecule is CN(CCn1cc(-c2ccc(F)c(Cl)c2)nc1C1CCN(C(=O)O)CC1)Cc1ccccc1. The summed E-state index contributed by atoms with van der Waals surface area (Å²) >= 11 is 6.01. The summed E-state index contributed by atoms with van der Waals surface area (Å²) in [5.41, 5.74) is 2.77. The average molecular weight is 471 g/mol. The number of nitrogens with zero attached hydrogens (tertiary/aromatic N) is 4. The van der Waals surface area contributed by atoms with Crippen molar-refractivity contribution in [3.05, 3.63) is 77.0 Å². The molecule has 1 fully saturated rings. The predicted octanol–water partition coefficient (Wildman–Crippen LogP) is 5.33. The summed E-state index contributed by atoms with van der Waals surface area (Å²) in [5.74, 6) is 0.664. The van der Waals surface area contributed by atoms with Gasteiger partial charge in [0, 0.05) is 50.4 Å². The van der Waals surface area contributed by atoms with E-state index in [4.69, 9.17) is 16.6 Å². The maximum Gasteiger partial charge on any atom is 0.407 e. The molecule has 1 amide bonds. The topological polar surface area (TPSA) is 61.6 Å². The van der Waals surface area contributed by atoms with Crippen LogP contribution < -0.4 is 0 Å². The lowest BCUT2D eigenvalue weighted by atomic mass is 9.96. The van der Waals surface area contributed by atoms with Gasteiger partial charge < -0.3 is 19.5 Å². The summed E-state index contributed by atoms with van der Waals surface area (Å²) in [6, 6.07) is 15.0. The van der Waals surface area contributed by atoms with Gasteiger partial charge in [-0.2, -0.15) is 0 Å². The van der Waals surface area contributed by atoms with Crippen molar-refractivity contribution in [1.82, 2.24) is 19.4 Å². The molecule has 0 spiro atoms. The molecule has 3 aromatic rings. The molecule has 1 aliphatic heterocycles. The molecule has 6 nitrogen and oxygen atoms in total. The summed E-state index contributed by atoms with van der Waals surface area (Å²) in [7, 11) is 2.09. The molecule has 0 radical (unpaired) electrons. The van der Waals surface area contributed by atoms with E-state index in [1.807, 2.05) is 24.4 Å². The van der Waals surface area contributed by atoms with Crippen molar-refractivity contribution in [2.75, 3.05) is 26.7 Å². The summed E-state index contributed by atoms with van der Waals surface area (Å²) in [6.45, 7) is 3.43. The Bertz CT molecular complexity index is 1100. The van der Waals surface area contributed by atoms with Gasteiger partial charge in [-0.05, 0) is 43.7 Å². The molecule has 33 heavy (non-hydrogen) atoms. The van der Waals surface area contributed by atoms with E-state index in [0.29, 0.717) is 13.1 Å². The number of aromatic nitrogens is 2. The molecule has 0 aliphatic carbocycles. The Kier molecular flexibility index (Phi) is 7.30. The lowest BCUT2D eigenvalue weighted by Gasteiger charge is -2.30. The second-order valence-electron chi connectivity index (χ2n) is 8.57. The zero-order valence-corrected chi connectivity index (χ0v) is 19.4. The number of halogens is 2. The van der Waals surface area contributed by atoms with Gasteiger partial charge in [-0.15, -0.1) is 0 Å². The van der Waals surface area contributed by atoms with Crippen LogP contribution in [-0.4, -0.2) is 57.2 Å². The number of benzene rings is 2. The first-order chi connectivity index (χ1) is 15.9. The standard InChI is InChI=1S/C25H28ClFN4O2/c1-29(16-18-5-3-2-4-6-18)13-14-31-17-23(20-7-8-22(27)21(26)15-20)28-24(31)19-9-11-30(12-10-19)25(32)33/h2-8,15,17,19H,9-14,16H2,1H3,(H,32,33). The number of amides is 1. The first-order valence-corrected chi connectivity index (χ1v) is 11.5. The van der Waals surface area contributed by atoms with Gasteiger partial charge in [-0.3, -0.25) is 0 Å². The monoisotopic (exact) mass is 470 g/mol. The van der Waals surface area contributed by atoms with Gasteiger partial charge in [0.1, 0.15) is 11.6 Å². The van der Waals surface area contributed by atoms with Crippen LogP contribution in [0, 0.1) is 5.82 Å². The normalized spacial score (nSPS) is 14.7. The van der Waals surface area contributed by atoms with Crippen LogP contribution in [0.5, 0.6) is 0 Å². The zero-order chi connectivity index (χ0) is 23.4. The molecule has 2 heterocycles. The maximum absolute atomic E-state index is 13.7. The van der Waals surface area contributed by atoms with Crippen LogP contribution in [0.2, 0.25) is 5.02 Å². The number of carbonyl (C=O) groups is 1. The minimum absolute atomic E-state index is 0.0703. The van der Waals surface area contributed by atoms with E-state index in [0.717, 1.165) is 49.6 Å². The average Bonchev–Trinajstić information content (AvgIpc) is 3.24. The quantitative estimate of drug-likeness (QED) is 0.507. The van der Waals surface area contributed by atoms with Crippen molar-refractivity contribution >= 4 is 17.7 Å². The molecule has 0 saturated carbocycles. The van der Waals surface area contributed by atoms with Crippen LogP contribution in [0.25, 0.3) is 11.3 Å². The third kappa shape index (κ3) is 5.72. The number of piperidine rings is 1. The fourth-order valence-corrected chi connectivity index (χ4v) is 4.49. The summed E-state index contributed by atoms with van der Waals surface area (Å²) in [5, 5.41) is 9.34. The first kappa shape index (κ1) is 23.3. The highest BCUT2D eigenvalue weighted by Gasteiger charge is 2.27. The molecule has 0 bridgehead atoms. The fourth-order valence-electron chi connectivity index (χ4n) is 4.31. The molecule has 1 aliphatic rings. The van der Waals surface area contributed by atoms with Crippen LogP contribution in [0.3, 0.4) is 0 Å². The molecule has 1 aromatic heterocycles. The van der Waals surface area contributed by atoms with Crippen molar-refractivity contribution in [2.24, 2.45) is 0 Å². The molecule has 0 atom stereocenters. The predicted molar refractivity (Wildman–Crippen MR) is 127 cm³/mol. The second kappa shape index (κ2) is 10.4. The van der Waals surface area contributed by atoms with E-state index in [9.17, 15) is 14.3 Å². The van der Waals surface area contributed by atoms with Gasteiger partial charge in [0.25, 0.3) is 0 Å². The Labute approximate surface area is 198 Å². The van der Waals surface area contributed by atoms with Crippen LogP contribution in [-0.2, 0) is 13.1 Å². The van der Waals surface area contributed by atoms with E-state index in [2.05, 4.69) is 28.6 Å². The van der Waals surface area contributed by atoms with Crippen molar-refractivity contribution < 1.29 is 14.3 Å². The third-order valence-electron chi connectivity index (χ3n) is 6.17. The van der Waals surface area contributed by atoms with E-state index in [1.165, 1.54) is 16.5 Å². The number of likely N-dealkylation sites (tertiary alicyclic amines) is 1. The molecule has 8 heteroatoms. The Balaban J connectivity index is 1.53. The van der Waals surface area contributed by atoms with Gasteiger partial charge >= 0.3 is 6.09 Å². The number of imidazole rings is 1.